The largest absolute Gasteiger partial charge is 0.497 e. The van der Waals surface area contributed by atoms with Crippen LogP contribution in [0, 0.1) is 0 Å². The van der Waals surface area contributed by atoms with E-state index in [2.05, 4.69) is 10.6 Å². The third kappa shape index (κ3) is 5.74. The Morgan fingerprint density at radius 3 is 2.43 bits per heavy atom. The first-order valence-electron chi connectivity index (χ1n) is 9.61. The van der Waals surface area contributed by atoms with Crippen molar-refractivity contribution in [2.45, 2.75) is 38.1 Å². The Balaban J connectivity index is 1.51. The average molecular weight is 382 g/mol. The minimum atomic E-state index is -0.291. The molecule has 148 valence electrons. The molecule has 0 atom stereocenters. The first-order valence-corrected chi connectivity index (χ1v) is 9.61. The fourth-order valence-corrected chi connectivity index (χ4v) is 3.27. The number of carbonyl (C=O) groups is 2. The number of anilines is 1. The third-order valence-electron chi connectivity index (χ3n) is 4.78. The molecular weight excluding hydrogens is 356 g/mol. The van der Waals surface area contributed by atoms with Gasteiger partial charge in [0.15, 0.2) is 6.61 Å². The number of methoxy groups -OCH3 is 1. The molecule has 0 radical (unpaired) electrons. The fraction of sp³-hybridized carbons (Fsp3) is 0.364. The van der Waals surface area contributed by atoms with Crippen LogP contribution in [0.1, 0.15) is 42.5 Å². The Labute approximate surface area is 165 Å². The van der Waals surface area contributed by atoms with Gasteiger partial charge in [-0.1, -0.05) is 25.3 Å². The Hall–Kier alpha value is -3.02. The molecule has 1 fully saturated rings. The Bertz CT molecular complexity index is 798. The van der Waals surface area contributed by atoms with Gasteiger partial charge in [0, 0.05) is 17.3 Å². The van der Waals surface area contributed by atoms with Crippen molar-refractivity contribution in [2.75, 3.05) is 19.0 Å². The molecular formula is C22H26N2O4. The molecule has 0 bridgehead atoms. The summed E-state index contributed by atoms with van der Waals surface area (Å²) >= 11 is 0. The highest BCUT2D eigenvalue weighted by molar-refractivity contribution is 5.97. The van der Waals surface area contributed by atoms with E-state index in [0.29, 0.717) is 17.0 Å². The van der Waals surface area contributed by atoms with Gasteiger partial charge in [-0.2, -0.15) is 0 Å². The van der Waals surface area contributed by atoms with E-state index in [1.54, 1.807) is 55.6 Å². The normalized spacial score (nSPS) is 14.2. The molecule has 0 spiro atoms. The van der Waals surface area contributed by atoms with Crippen molar-refractivity contribution < 1.29 is 19.1 Å². The molecule has 0 saturated heterocycles. The molecule has 3 rings (SSSR count). The number of carbonyl (C=O) groups excluding carboxylic acids is 2. The minimum Gasteiger partial charge on any atom is -0.497 e. The van der Waals surface area contributed by atoms with Crippen LogP contribution in [-0.2, 0) is 4.79 Å². The standard InChI is InChI=1S/C22H26N2O4/c1-27-19-10-12-20(13-11-19)28-15-21(25)23-18-9-5-6-16(14-18)22(26)24-17-7-3-2-4-8-17/h5-6,9-14,17H,2-4,7-8,15H2,1H3,(H,23,25)(H,24,26). The van der Waals surface area contributed by atoms with Crippen LogP contribution >= 0.6 is 0 Å². The highest BCUT2D eigenvalue weighted by Crippen LogP contribution is 2.19. The van der Waals surface area contributed by atoms with Gasteiger partial charge in [0.1, 0.15) is 11.5 Å². The van der Waals surface area contributed by atoms with E-state index in [9.17, 15) is 9.59 Å². The molecule has 0 aliphatic heterocycles. The lowest BCUT2D eigenvalue weighted by Crippen LogP contribution is -2.36. The summed E-state index contributed by atoms with van der Waals surface area (Å²) in [6.07, 6.45) is 5.63. The molecule has 0 unspecified atom stereocenters. The second-order valence-electron chi connectivity index (χ2n) is 6.90. The summed E-state index contributed by atoms with van der Waals surface area (Å²) < 4.78 is 10.6. The topological polar surface area (TPSA) is 76.7 Å². The zero-order valence-corrected chi connectivity index (χ0v) is 16.1. The molecule has 1 saturated carbocycles. The van der Waals surface area contributed by atoms with Gasteiger partial charge < -0.3 is 20.1 Å². The molecule has 2 aromatic rings. The predicted octanol–water partition coefficient (Wildman–Crippen LogP) is 3.78. The van der Waals surface area contributed by atoms with Gasteiger partial charge >= 0.3 is 0 Å². The van der Waals surface area contributed by atoms with Crippen molar-refractivity contribution in [2.24, 2.45) is 0 Å². The zero-order valence-electron chi connectivity index (χ0n) is 16.1. The smallest absolute Gasteiger partial charge is 0.262 e. The molecule has 6 heteroatoms. The predicted molar refractivity (Wildman–Crippen MR) is 108 cm³/mol. The van der Waals surface area contributed by atoms with E-state index in [4.69, 9.17) is 9.47 Å². The van der Waals surface area contributed by atoms with Crippen molar-refractivity contribution in [3.63, 3.8) is 0 Å². The van der Waals surface area contributed by atoms with Crippen molar-refractivity contribution in [3.8, 4) is 11.5 Å². The SMILES string of the molecule is COc1ccc(OCC(=O)Nc2cccc(C(=O)NC3CCCCC3)c2)cc1. The van der Waals surface area contributed by atoms with Crippen LogP contribution in [-0.4, -0.2) is 31.6 Å². The molecule has 2 N–H and O–H groups in total. The van der Waals surface area contributed by atoms with Crippen LogP contribution in [0.5, 0.6) is 11.5 Å². The lowest BCUT2D eigenvalue weighted by Gasteiger charge is -2.22. The van der Waals surface area contributed by atoms with Gasteiger partial charge in [-0.25, -0.2) is 0 Å². The molecule has 2 aromatic carbocycles. The molecule has 1 aliphatic carbocycles. The van der Waals surface area contributed by atoms with Gasteiger partial charge in [-0.15, -0.1) is 0 Å². The highest BCUT2D eigenvalue weighted by atomic mass is 16.5. The van der Waals surface area contributed by atoms with Crippen LogP contribution in [0.2, 0.25) is 0 Å². The lowest BCUT2D eigenvalue weighted by molar-refractivity contribution is -0.118. The Kier molecular flexibility index (Phi) is 6.89. The molecule has 0 aromatic heterocycles. The van der Waals surface area contributed by atoms with Gasteiger partial charge in [-0.05, 0) is 55.3 Å². The van der Waals surface area contributed by atoms with Crippen LogP contribution in [0.15, 0.2) is 48.5 Å². The van der Waals surface area contributed by atoms with E-state index < -0.39 is 0 Å². The Morgan fingerprint density at radius 1 is 1.00 bits per heavy atom. The summed E-state index contributed by atoms with van der Waals surface area (Å²) in [4.78, 5) is 24.6. The number of hydrogen-bond acceptors (Lipinski definition) is 4. The summed E-state index contributed by atoms with van der Waals surface area (Å²) in [5.74, 6) is 0.912. The maximum Gasteiger partial charge on any atom is 0.262 e. The number of nitrogens with one attached hydrogen (secondary N) is 2. The first-order chi connectivity index (χ1) is 13.6. The van der Waals surface area contributed by atoms with E-state index in [1.807, 2.05) is 0 Å². The summed E-state index contributed by atoms with van der Waals surface area (Å²) in [6.45, 7) is -0.120. The maximum atomic E-state index is 12.5. The van der Waals surface area contributed by atoms with Crippen molar-refractivity contribution in [1.29, 1.82) is 0 Å². The van der Waals surface area contributed by atoms with E-state index in [-0.39, 0.29) is 24.5 Å². The third-order valence-corrected chi connectivity index (χ3v) is 4.78. The number of rotatable bonds is 7. The monoisotopic (exact) mass is 382 g/mol. The zero-order chi connectivity index (χ0) is 19.8. The first kappa shape index (κ1) is 19.7. The molecule has 28 heavy (non-hydrogen) atoms. The summed E-state index contributed by atoms with van der Waals surface area (Å²) in [6, 6.07) is 14.2. The minimum absolute atomic E-state index is 0.0996. The van der Waals surface area contributed by atoms with Crippen LogP contribution in [0.3, 0.4) is 0 Å². The quantitative estimate of drug-likeness (QED) is 0.764. The molecule has 6 nitrogen and oxygen atoms in total. The average Bonchev–Trinajstić information content (AvgIpc) is 2.73. The number of benzene rings is 2. The van der Waals surface area contributed by atoms with Crippen molar-refractivity contribution in [1.82, 2.24) is 5.32 Å². The van der Waals surface area contributed by atoms with E-state index in [1.165, 1.54) is 6.42 Å². The second kappa shape index (κ2) is 9.78. The highest BCUT2D eigenvalue weighted by Gasteiger charge is 2.17. The summed E-state index contributed by atoms with van der Waals surface area (Å²) in [5.41, 5.74) is 1.11. The molecule has 2 amide bonds. The van der Waals surface area contributed by atoms with Gasteiger partial charge in [0.2, 0.25) is 0 Å². The second-order valence-corrected chi connectivity index (χ2v) is 6.90. The molecule has 0 heterocycles. The summed E-state index contributed by atoms with van der Waals surface area (Å²) in [7, 11) is 1.59. The van der Waals surface area contributed by atoms with E-state index >= 15 is 0 Å². The Morgan fingerprint density at radius 2 is 1.71 bits per heavy atom. The lowest BCUT2D eigenvalue weighted by atomic mass is 9.95. The van der Waals surface area contributed by atoms with Gasteiger partial charge in [0.25, 0.3) is 11.8 Å². The van der Waals surface area contributed by atoms with Crippen molar-refractivity contribution in [3.05, 3.63) is 54.1 Å². The van der Waals surface area contributed by atoms with Gasteiger partial charge in [-0.3, -0.25) is 9.59 Å². The number of ether oxygens (including phenoxy) is 2. The van der Waals surface area contributed by atoms with Crippen LogP contribution in [0.25, 0.3) is 0 Å². The maximum absolute atomic E-state index is 12.5. The van der Waals surface area contributed by atoms with Crippen molar-refractivity contribution >= 4 is 17.5 Å². The number of amides is 2. The van der Waals surface area contributed by atoms with E-state index in [0.717, 1.165) is 31.4 Å². The van der Waals surface area contributed by atoms with Crippen LogP contribution < -0.4 is 20.1 Å². The van der Waals surface area contributed by atoms with Crippen LogP contribution in [0.4, 0.5) is 5.69 Å². The molecule has 1 aliphatic rings. The fourth-order valence-electron chi connectivity index (χ4n) is 3.27. The van der Waals surface area contributed by atoms with Gasteiger partial charge in [0.05, 0.1) is 7.11 Å². The summed E-state index contributed by atoms with van der Waals surface area (Å²) in [5, 5.41) is 5.85. The number of hydrogen-bond donors (Lipinski definition) is 2.